The van der Waals surface area contributed by atoms with Crippen LogP contribution in [0.15, 0.2) is 53.7 Å². The Morgan fingerprint density at radius 1 is 1.28 bits per heavy atom. The third kappa shape index (κ3) is 3.80. The van der Waals surface area contributed by atoms with E-state index < -0.39 is 4.92 Å². The summed E-state index contributed by atoms with van der Waals surface area (Å²) < 4.78 is 2.06. The number of nitro benzene ring substituents is 1. The van der Waals surface area contributed by atoms with Crippen LogP contribution < -0.4 is 5.32 Å². The van der Waals surface area contributed by atoms with Gasteiger partial charge in [0.25, 0.3) is 5.69 Å². The monoisotopic (exact) mass is 356 g/mol. The number of amides is 1. The number of para-hydroxylation sites is 2. The Kier molecular flexibility index (Phi) is 4.99. The first-order valence-corrected chi connectivity index (χ1v) is 8.69. The van der Waals surface area contributed by atoms with Gasteiger partial charge in [-0.05, 0) is 25.1 Å². The lowest BCUT2D eigenvalue weighted by molar-refractivity contribution is -0.384. The molecule has 25 heavy (non-hydrogen) atoms. The summed E-state index contributed by atoms with van der Waals surface area (Å²) in [6.07, 6.45) is 0. The van der Waals surface area contributed by atoms with E-state index in [1.54, 1.807) is 6.07 Å². The van der Waals surface area contributed by atoms with E-state index in [1.807, 2.05) is 31.2 Å². The second kappa shape index (κ2) is 7.35. The van der Waals surface area contributed by atoms with Crippen LogP contribution in [0.2, 0.25) is 0 Å². The molecule has 0 fully saturated rings. The zero-order valence-corrected chi connectivity index (χ0v) is 14.3. The lowest BCUT2D eigenvalue weighted by Gasteiger charge is -2.06. The average molecular weight is 356 g/mol. The van der Waals surface area contributed by atoms with Crippen molar-refractivity contribution in [2.24, 2.45) is 0 Å². The van der Waals surface area contributed by atoms with Crippen molar-refractivity contribution in [1.29, 1.82) is 0 Å². The number of fused-ring (bicyclic) bond motifs is 1. The normalized spacial score (nSPS) is 10.8. The van der Waals surface area contributed by atoms with Crippen molar-refractivity contribution in [2.45, 2.75) is 18.6 Å². The van der Waals surface area contributed by atoms with Crippen molar-refractivity contribution >= 4 is 40.1 Å². The Morgan fingerprint density at radius 2 is 2.08 bits per heavy atom. The number of non-ortho nitro benzene ring substituents is 1. The molecule has 1 aromatic heterocycles. The number of thioether (sulfide) groups is 1. The SMILES string of the molecule is CCn1c(SCC(=O)Nc2cccc([N+](=O)[O-])c2)nc2ccccc21. The number of carbonyl (C=O) groups is 1. The molecular formula is C17H16N4O3S. The van der Waals surface area contributed by atoms with Crippen LogP contribution in [0.3, 0.4) is 0 Å². The van der Waals surface area contributed by atoms with Gasteiger partial charge >= 0.3 is 0 Å². The predicted molar refractivity (Wildman–Crippen MR) is 97.9 cm³/mol. The molecule has 3 rings (SSSR count). The molecule has 0 spiro atoms. The van der Waals surface area contributed by atoms with E-state index >= 15 is 0 Å². The standard InChI is InChI=1S/C17H16N4O3S/c1-2-20-15-9-4-3-8-14(15)19-17(20)25-11-16(22)18-12-6-5-7-13(10-12)21(23)24/h3-10H,2,11H2,1H3,(H,18,22). The molecule has 3 aromatic rings. The minimum absolute atomic E-state index is 0.0572. The van der Waals surface area contributed by atoms with Crippen LogP contribution in [0, 0.1) is 10.1 Å². The highest BCUT2D eigenvalue weighted by atomic mass is 32.2. The minimum atomic E-state index is -0.492. The maximum atomic E-state index is 12.1. The van der Waals surface area contributed by atoms with Gasteiger partial charge in [-0.2, -0.15) is 0 Å². The number of anilines is 1. The fourth-order valence-electron chi connectivity index (χ4n) is 2.49. The first-order valence-electron chi connectivity index (χ1n) is 7.71. The van der Waals surface area contributed by atoms with E-state index in [-0.39, 0.29) is 17.3 Å². The van der Waals surface area contributed by atoms with Gasteiger partial charge in [-0.15, -0.1) is 0 Å². The van der Waals surface area contributed by atoms with Crippen molar-refractivity contribution in [1.82, 2.24) is 9.55 Å². The van der Waals surface area contributed by atoms with Gasteiger partial charge in [-0.1, -0.05) is 30.0 Å². The molecule has 0 aliphatic rings. The Labute approximate surface area is 148 Å². The van der Waals surface area contributed by atoms with E-state index in [4.69, 9.17) is 0 Å². The highest BCUT2D eigenvalue weighted by molar-refractivity contribution is 7.99. The topological polar surface area (TPSA) is 90.1 Å². The average Bonchev–Trinajstić information content (AvgIpc) is 2.97. The van der Waals surface area contributed by atoms with E-state index in [9.17, 15) is 14.9 Å². The molecular weight excluding hydrogens is 340 g/mol. The number of hydrogen-bond acceptors (Lipinski definition) is 5. The number of aryl methyl sites for hydroxylation is 1. The molecule has 7 nitrogen and oxygen atoms in total. The fourth-order valence-corrected chi connectivity index (χ4v) is 3.37. The molecule has 0 saturated heterocycles. The number of nitrogens with zero attached hydrogens (tertiary/aromatic N) is 3. The molecule has 1 amide bonds. The minimum Gasteiger partial charge on any atom is -0.325 e. The van der Waals surface area contributed by atoms with Crippen molar-refractivity contribution < 1.29 is 9.72 Å². The molecule has 0 atom stereocenters. The van der Waals surface area contributed by atoms with Gasteiger partial charge in [0.05, 0.1) is 21.7 Å². The molecule has 2 aromatic carbocycles. The largest absolute Gasteiger partial charge is 0.325 e. The first kappa shape index (κ1) is 17.0. The molecule has 128 valence electrons. The number of nitrogens with one attached hydrogen (secondary N) is 1. The maximum Gasteiger partial charge on any atom is 0.271 e. The van der Waals surface area contributed by atoms with E-state index in [0.717, 1.165) is 22.7 Å². The van der Waals surface area contributed by atoms with Crippen LogP contribution in [-0.2, 0) is 11.3 Å². The van der Waals surface area contributed by atoms with Crippen molar-refractivity contribution in [3.63, 3.8) is 0 Å². The molecule has 0 radical (unpaired) electrons. The van der Waals surface area contributed by atoms with Gasteiger partial charge in [-0.3, -0.25) is 14.9 Å². The lowest BCUT2D eigenvalue weighted by Crippen LogP contribution is -2.14. The zero-order valence-electron chi connectivity index (χ0n) is 13.5. The molecule has 8 heteroatoms. The number of imidazole rings is 1. The van der Waals surface area contributed by atoms with E-state index in [1.165, 1.54) is 30.0 Å². The molecule has 0 saturated carbocycles. The van der Waals surface area contributed by atoms with Gasteiger partial charge in [-0.25, -0.2) is 4.98 Å². The Hall–Kier alpha value is -2.87. The van der Waals surface area contributed by atoms with Crippen molar-refractivity contribution in [2.75, 3.05) is 11.1 Å². The second-order valence-electron chi connectivity index (χ2n) is 5.27. The second-order valence-corrected chi connectivity index (χ2v) is 6.21. The summed E-state index contributed by atoms with van der Waals surface area (Å²) in [5.41, 5.74) is 2.28. The summed E-state index contributed by atoms with van der Waals surface area (Å²) >= 11 is 1.34. The highest BCUT2D eigenvalue weighted by Gasteiger charge is 2.13. The molecule has 1 heterocycles. The number of hydrogen-bond donors (Lipinski definition) is 1. The van der Waals surface area contributed by atoms with Crippen LogP contribution in [0.5, 0.6) is 0 Å². The fraction of sp³-hybridized carbons (Fsp3) is 0.176. The van der Waals surface area contributed by atoms with Crippen molar-refractivity contribution in [3.8, 4) is 0 Å². The smallest absolute Gasteiger partial charge is 0.271 e. The van der Waals surface area contributed by atoms with Crippen LogP contribution in [-0.4, -0.2) is 26.1 Å². The van der Waals surface area contributed by atoms with Crippen LogP contribution in [0.25, 0.3) is 11.0 Å². The molecule has 0 unspecified atom stereocenters. The molecule has 0 aliphatic heterocycles. The third-order valence-electron chi connectivity index (χ3n) is 3.61. The van der Waals surface area contributed by atoms with Gasteiger partial charge in [0, 0.05) is 24.4 Å². The number of benzene rings is 2. The van der Waals surface area contributed by atoms with Gasteiger partial charge in [0.2, 0.25) is 5.91 Å². The van der Waals surface area contributed by atoms with Crippen LogP contribution >= 0.6 is 11.8 Å². The summed E-state index contributed by atoms with van der Waals surface area (Å²) in [4.78, 5) is 27.0. The summed E-state index contributed by atoms with van der Waals surface area (Å²) in [6.45, 7) is 2.79. The van der Waals surface area contributed by atoms with Gasteiger partial charge in [0.15, 0.2) is 5.16 Å². The summed E-state index contributed by atoms with van der Waals surface area (Å²) in [5.74, 6) is -0.0633. The Balaban J connectivity index is 1.68. The van der Waals surface area contributed by atoms with Gasteiger partial charge < -0.3 is 9.88 Å². The summed E-state index contributed by atoms with van der Waals surface area (Å²) in [5, 5.41) is 14.2. The number of nitro groups is 1. The molecule has 0 aliphatic carbocycles. The maximum absolute atomic E-state index is 12.1. The quantitative estimate of drug-likeness (QED) is 0.413. The van der Waals surface area contributed by atoms with Crippen LogP contribution in [0.4, 0.5) is 11.4 Å². The first-order chi connectivity index (χ1) is 12.1. The molecule has 0 bridgehead atoms. The van der Waals surface area contributed by atoms with Gasteiger partial charge in [0.1, 0.15) is 0 Å². The highest BCUT2D eigenvalue weighted by Crippen LogP contribution is 2.24. The van der Waals surface area contributed by atoms with Crippen LogP contribution in [0.1, 0.15) is 6.92 Å². The number of carbonyl (C=O) groups excluding carboxylic acids is 1. The predicted octanol–water partition coefficient (Wildman–Crippen LogP) is 3.70. The van der Waals surface area contributed by atoms with E-state index in [2.05, 4.69) is 14.9 Å². The van der Waals surface area contributed by atoms with E-state index in [0.29, 0.717) is 5.69 Å². The summed E-state index contributed by atoms with van der Waals surface area (Å²) in [7, 11) is 0. The zero-order chi connectivity index (χ0) is 17.8. The lowest BCUT2D eigenvalue weighted by atomic mass is 10.3. The molecule has 1 N–H and O–H groups in total. The Morgan fingerprint density at radius 3 is 2.84 bits per heavy atom. The van der Waals surface area contributed by atoms with Crippen molar-refractivity contribution in [3.05, 3.63) is 58.6 Å². The summed E-state index contributed by atoms with van der Waals surface area (Å²) in [6, 6.07) is 13.7. The number of aromatic nitrogens is 2. The Bertz CT molecular complexity index is 939. The third-order valence-corrected chi connectivity index (χ3v) is 4.59. The number of rotatable bonds is 6.